The highest BCUT2D eigenvalue weighted by molar-refractivity contribution is 7.90. The second kappa shape index (κ2) is 7.11. The van der Waals surface area contributed by atoms with E-state index in [4.69, 9.17) is 0 Å². The summed E-state index contributed by atoms with van der Waals surface area (Å²) in [5.74, 6) is 0. The molecule has 7 nitrogen and oxygen atoms in total. The van der Waals surface area contributed by atoms with Crippen LogP contribution in [0.1, 0.15) is 48.7 Å². The number of benzene rings is 1. The van der Waals surface area contributed by atoms with Gasteiger partial charge in [0, 0.05) is 24.6 Å². The van der Waals surface area contributed by atoms with E-state index in [0.717, 1.165) is 30.4 Å². The third-order valence-electron chi connectivity index (χ3n) is 4.84. The van der Waals surface area contributed by atoms with Crippen molar-refractivity contribution in [3.05, 3.63) is 47.3 Å². The Morgan fingerprint density at radius 3 is 2.65 bits per heavy atom. The summed E-state index contributed by atoms with van der Waals surface area (Å²) in [5.41, 5.74) is 3.10. The van der Waals surface area contributed by atoms with Crippen LogP contribution in [0.15, 0.2) is 35.4 Å². The van der Waals surface area contributed by atoms with Crippen LogP contribution in [0.4, 0.5) is 4.79 Å². The molecule has 26 heavy (non-hydrogen) atoms. The third kappa shape index (κ3) is 3.90. The van der Waals surface area contributed by atoms with Crippen molar-refractivity contribution in [1.82, 2.24) is 20.4 Å². The van der Waals surface area contributed by atoms with Gasteiger partial charge in [-0.3, -0.25) is 4.68 Å². The number of hydrogen-bond acceptors (Lipinski definition) is 4. The van der Waals surface area contributed by atoms with Crippen molar-refractivity contribution in [2.45, 2.75) is 43.2 Å². The summed E-state index contributed by atoms with van der Waals surface area (Å²) < 4.78 is 24.9. The molecular formula is C18H24N4O3S. The Morgan fingerprint density at radius 2 is 2.00 bits per heavy atom. The van der Waals surface area contributed by atoms with Crippen molar-refractivity contribution in [1.29, 1.82) is 0 Å². The number of nitrogens with zero attached hydrogens (tertiary/aromatic N) is 2. The van der Waals surface area contributed by atoms with E-state index in [1.165, 1.54) is 11.9 Å². The van der Waals surface area contributed by atoms with Crippen LogP contribution >= 0.6 is 0 Å². The minimum Gasteiger partial charge on any atom is -0.332 e. The van der Waals surface area contributed by atoms with E-state index < -0.39 is 9.84 Å². The summed E-state index contributed by atoms with van der Waals surface area (Å²) in [7, 11) is -1.30. The van der Waals surface area contributed by atoms with Crippen molar-refractivity contribution < 1.29 is 13.2 Å². The molecule has 140 valence electrons. The standard InChI is InChI=1S/C18H24N4O3S/c1-12(13-7-9-14(10-8-13)26(3,24)25)20-18(23)21-16-5-4-6-17-15(16)11-19-22(17)2/h7-12,16H,4-6H2,1-3H3,(H2,20,21,23). The molecule has 1 heterocycles. The maximum Gasteiger partial charge on any atom is 0.315 e. The lowest BCUT2D eigenvalue weighted by molar-refractivity contribution is 0.232. The number of carbonyl (C=O) groups is 1. The van der Waals surface area contributed by atoms with Crippen molar-refractivity contribution in [3.63, 3.8) is 0 Å². The summed E-state index contributed by atoms with van der Waals surface area (Å²) in [6.45, 7) is 1.87. The SMILES string of the molecule is CC(NC(=O)NC1CCCc2c1cnn2C)c1ccc(S(C)(=O)=O)cc1. The Bertz CT molecular complexity index is 903. The number of carbonyl (C=O) groups excluding carboxylic acids is 1. The number of hydrogen-bond donors (Lipinski definition) is 2. The first-order valence-electron chi connectivity index (χ1n) is 8.63. The quantitative estimate of drug-likeness (QED) is 0.856. The van der Waals surface area contributed by atoms with Crippen molar-refractivity contribution in [2.24, 2.45) is 7.05 Å². The predicted octanol–water partition coefficient (Wildman–Crippen LogP) is 2.26. The Morgan fingerprint density at radius 1 is 1.31 bits per heavy atom. The Hall–Kier alpha value is -2.35. The fraction of sp³-hybridized carbons (Fsp3) is 0.444. The highest BCUT2D eigenvalue weighted by Gasteiger charge is 2.25. The van der Waals surface area contributed by atoms with Crippen LogP contribution in [0, 0.1) is 0 Å². The zero-order valence-electron chi connectivity index (χ0n) is 15.2. The molecule has 0 bridgehead atoms. The van der Waals surface area contributed by atoms with Gasteiger partial charge >= 0.3 is 6.03 Å². The van der Waals surface area contributed by atoms with Gasteiger partial charge in [-0.25, -0.2) is 13.2 Å². The number of aromatic nitrogens is 2. The van der Waals surface area contributed by atoms with Gasteiger partial charge in [-0.2, -0.15) is 5.10 Å². The zero-order valence-corrected chi connectivity index (χ0v) is 16.0. The number of amides is 2. The summed E-state index contributed by atoms with van der Waals surface area (Å²) in [4.78, 5) is 12.7. The van der Waals surface area contributed by atoms with Crippen LogP contribution in [-0.2, 0) is 23.3 Å². The highest BCUT2D eigenvalue weighted by atomic mass is 32.2. The lowest BCUT2D eigenvalue weighted by Gasteiger charge is -2.25. The average Bonchev–Trinajstić information content (AvgIpc) is 2.96. The minimum absolute atomic E-state index is 0.0349. The third-order valence-corrected chi connectivity index (χ3v) is 5.97. The molecular weight excluding hydrogens is 352 g/mol. The average molecular weight is 376 g/mol. The summed E-state index contributed by atoms with van der Waals surface area (Å²) in [6.07, 6.45) is 5.89. The molecule has 3 rings (SSSR count). The summed E-state index contributed by atoms with van der Waals surface area (Å²) >= 11 is 0. The fourth-order valence-corrected chi connectivity index (χ4v) is 3.97. The summed E-state index contributed by atoms with van der Waals surface area (Å²) in [5, 5.41) is 10.2. The van der Waals surface area contributed by atoms with E-state index in [1.807, 2.05) is 24.9 Å². The van der Waals surface area contributed by atoms with E-state index in [9.17, 15) is 13.2 Å². The van der Waals surface area contributed by atoms with Crippen molar-refractivity contribution >= 4 is 15.9 Å². The number of rotatable bonds is 4. The maximum atomic E-state index is 12.4. The van der Waals surface area contributed by atoms with Gasteiger partial charge in [0.25, 0.3) is 0 Å². The van der Waals surface area contributed by atoms with Gasteiger partial charge in [-0.1, -0.05) is 12.1 Å². The smallest absolute Gasteiger partial charge is 0.315 e. The normalized spacial score (nSPS) is 18.0. The molecule has 0 spiro atoms. The number of sulfone groups is 1. The maximum absolute atomic E-state index is 12.4. The number of nitrogens with one attached hydrogen (secondary N) is 2. The molecule has 2 unspecified atom stereocenters. The highest BCUT2D eigenvalue weighted by Crippen LogP contribution is 2.29. The van der Waals surface area contributed by atoms with Crippen LogP contribution in [-0.4, -0.2) is 30.5 Å². The molecule has 2 amide bonds. The van der Waals surface area contributed by atoms with Gasteiger partial charge in [0.1, 0.15) is 0 Å². The van der Waals surface area contributed by atoms with E-state index in [0.29, 0.717) is 0 Å². The molecule has 0 radical (unpaired) electrons. The van der Waals surface area contributed by atoms with Crippen LogP contribution in [0.3, 0.4) is 0 Å². The van der Waals surface area contributed by atoms with Gasteiger partial charge in [0.05, 0.1) is 23.2 Å². The zero-order chi connectivity index (χ0) is 18.9. The van der Waals surface area contributed by atoms with E-state index in [1.54, 1.807) is 24.3 Å². The lowest BCUT2D eigenvalue weighted by Crippen LogP contribution is -2.40. The molecule has 2 atom stereocenters. The van der Waals surface area contributed by atoms with Crippen LogP contribution in [0.2, 0.25) is 0 Å². The second-order valence-corrected chi connectivity index (χ2v) is 8.81. The molecule has 1 aliphatic carbocycles. The van der Waals surface area contributed by atoms with Crippen molar-refractivity contribution in [2.75, 3.05) is 6.26 Å². The van der Waals surface area contributed by atoms with Gasteiger partial charge < -0.3 is 10.6 Å². The van der Waals surface area contributed by atoms with E-state index >= 15 is 0 Å². The fourth-order valence-electron chi connectivity index (χ4n) is 3.34. The van der Waals surface area contributed by atoms with Gasteiger partial charge in [0.2, 0.25) is 0 Å². The van der Waals surface area contributed by atoms with Crippen LogP contribution < -0.4 is 10.6 Å². The molecule has 0 saturated heterocycles. The monoisotopic (exact) mass is 376 g/mol. The minimum atomic E-state index is -3.22. The van der Waals surface area contributed by atoms with Crippen molar-refractivity contribution in [3.8, 4) is 0 Å². The predicted molar refractivity (Wildman–Crippen MR) is 98.5 cm³/mol. The molecule has 2 aromatic rings. The molecule has 0 aliphatic heterocycles. The topological polar surface area (TPSA) is 93.1 Å². The summed E-state index contributed by atoms with van der Waals surface area (Å²) in [6, 6.07) is 6.05. The molecule has 0 fully saturated rings. The van der Waals surface area contributed by atoms with E-state index in [-0.39, 0.29) is 23.0 Å². The first-order chi connectivity index (χ1) is 12.3. The van der Waals surface area contributed by atoms with Crippen LogP contribution in [0.25, 0.3) is 0 Å². The molecule has 1 aromatic carbocycles. The lowest BCUT2D eigenvalue weighted by atomic mass is 9.93. The molecule has 0 saturated carbocycles. The van der Waals surface area contributed by atoms with Gasteiger partial charge in [0.15, 0.2) is 9.84 Å². The van der Waals surface area contributed by atoms with E-state index in [2.05, 4.69) is 15.7 Å². The number of aryl methyl sites for hydroxylation is 1. The van der Waals surface area contributed by atoms with Gasteiger partial charge in [-0.05, 0) is 43.9 Å². The molecule has 2 N–H and O–H groups in total. The number of fused-ring (bicyclic) bond motifs is 1. The van der Waals surface area contributed by atoms with Gasteiger partial charge in [-0.15, -0.1) is 0 Å². The second-order valence-electron chi connectivity index (χ2n) is 6.80. The molecule has 1 aliphatic rings. The first kappa shape index (κ1) is 18.4. The van der Waals surface area contributed by atoms with Crippen LogP contribution in [0.5, 0.6) is 0 Å². The molecule has 8 heteroatoms. The Labute approximate surface area is 153 Å². The largest absolute Gasteiger partial charge is 0.332 e. The number of urea groups is 1. The molecule has 1 aromatic heterocycles. The Kier molecular flexibility index (Phi) is 5.04. The Balaban J connectivity index is 1.63. The first-order valence-corrected chi connectivity index (χ1v) is 10.5.